The zero-order valence-electron chi connectivity index (χ0n) is 11.6. The molecule has 1 aliphatic heterocycles. The summed E-state index contributed by atoms with van der Waals surface area (Å²) in [7, 11) is 0. The maximum Gasteiger partial charge on any atom is 0.226 e. The van der Waals surface area contributed by atoms with E-state index in [2.05, 4.69) is 12.2 Å². The average Bonchev–Trinajstić information content (AvgIpc) is 2.86. The Labute approximate surface area is 109 Å². The molecular weight excluding hydrogens is 230 g/mol. The fourth-order valence-corrected chi connectivity index (χ4v) is 3.44. The molecule has 4 unspecified atom stereocenters. The molecule has 2 rings (SSSR count). The molecule has 0 radical (unpaired) electrons. The minimum atomic E-state index is -0.373. The molecule has 1 aliphatic carbocycles. The molecule has 0 aromatic rings. The van der Waals surface area contributed by atoms with Crippen molar-refractivity contribution >= 4 is 5.91 Å². The van der Waals surface area contributed by atoms with E-state index in [1.54, 1.807) is 0 Å². The highest BCUT2D eigenvalue weighted by molar-refractivity contribution is 5.80. The number of carbonyl (C=O) groups excluding carboxylic acids is 1. The van der Waals surface area contributed by atoms with Gasteiger partial charge in [-0.05, 0) is 32.6 Å². The normalized spacial score (nSPS) is 38.9. The number of ether oxygens (including phenoxy) is 1. The van der Waals surface area contributed by atoms with Crippen LogP contribution in [0.5, 0.6) is 0 Å². The summed E-state index contributed by atoms with van der Waals surface area (Å²) in [5.74, 6) is 0.191. The second-order valence-corrected chi connectivity index (χ2v) is 6.07. The van der Waals surface area contributed by atoms with Gasteiger partial charge in [-0.15, -0.1) is 0 Å². The van der Waals surface area contributed by atoms with Crippen LogP contribution < -0.4 is 5.32 Å². The summed E-state index contributed by atoms with van der Waals surface area (Å²) in [5, 5.41) is 12.6. The monoisotopic (exact) mass is 255 g/mol. The van der Waals surface area contributed by atoms with Gasteiger partial charge in [-0.3, -0.25) is 4.79 Å². The smallest absolute Gasteiger partial charge is 0.226 e. The molecule has 1 saturated heterocycles. The van der Waals surface area contributed by atoms with Crippen LogP contribution in [0.3, 0.4) is 0 Å². The van der Waals surface area contributed by atoms with Crippen LogP contribution in [-0.4, -0.2) is 35.4 Å². The van der Waals surface area contributed by atoms with Crippen molar-refractivity contribution in [3.63, 3.8) is 0 Å². The lowest BCUT2D eigenvalue weighted by Crippen LogP contribution is -2.52. The van der Waals surface area contributed by atoms with Gasteiger partial charge in [0.1, 0.15) is 0 Å². The number of amides is 1. The fraction of sp³-hybridized carbons (Fsp3) is 0.929. The highest BCUT2D eigenvalue weighted by atomic mass is 16.5. The van der Waals surface area contributed by atoms with Crippen LogP contribution >= 0.6 is 0 Å². The standard InChI is InChI=1S/C14H25NO3/c1-9-10(2)18-11(3)12(9)13(17)15-14(8-16)6-4-5-7-14/h9-12,16H,4-8H2,1-3H3,(H,15,17). The van der Waals surface area contributed by atoms with Crippen molar-refractivity contribution in [1.82, 2.24) is 5.32 Å². The van der Waals surface area contributed by atoms with Crippen molar-refractivity contribution in [2.45, 2.75) is 64.2 Å². The molecule has 18 heavy (non-hydrogen) atoms. The third-order valence-electron chi connectivity index (χ3n) is 4.80. The number of aliphatic hydroxyl groups is 1. The van der Waals surface area contributed by atoms with Crippen molar-refractivity contribution in [3.8, 4) is 0 Å². The highest BCUT2D eigenvalue weighted by Gasteiger charge is 2.44. The molecule has 2 N–H and O–H groups in total. The first kappa shape index (κ1) is 13.8. The van der Waals surface area contributed by atoms with Gasteiger partial charge < -0.3 is 15.2 Å². The van der Waals surface area contributed by atoms with E-state index in [-0.39, 0.29) is 42.1 Å². The van der Waals surface area contributed by atoms with Gasteiger partial charge in [0, 0.05) is 0 Å². The van der Waals surface area contributed by atoms with E-state index in [4.69, 9.17) is 4.74 Å². The SMILES string of the molecule is CC1OC(C)C(C(=O)NC2(CO)CCCC2)C1C. The van der Waals surface area contributed by atoms with E-state index in [0.29, 0.717) is 0 Å². The largest absolute Gasteiger partial charge is 0.394 e. The average molecular weight is 255 g/mol. The summed E-state index contributed by atoms with van der Waals surface area (Å²) in [5.41, 5.74) is -0.373. The zero-order chi connectivity index (χ0) is 13.3. The Morgan fingerprint density at radius 3 is 2.33 bits per heavy atom. The molecule has 0 spiro atoms. The van der Waals surface area contributed by atoms with Crippen molar-refractivity contribution in [2.75, 3.05) is 6.61 Å². The number of carbonyl (C=O) groups is 1. The maximum absolute atomic E-state index is 12.4. The first-order valence-corrected chi connectivity index (χ1v) is 7.07. The lowest BCUT2D eigenvalue weighted by molar-refractivity contribution is -0.129. The van der Waals surface area contributed by atoms with Gasteiger partial charge in [0.25, 0.3) is 0 Å². The Morgan fingerprint density at radius 1 is 1.28 bits per heavy atom. The van der Waals surface area contributed by atoms with Crippen molar-refractivity contribution in [1.29, 1.82) is 0 Å². The summed E-state index contributed by atoms with van der Waals surface area (Å²) in [4.78, 5) is 12.4. The third-order valence-corrected chi connectivity index (χ3v) is 4.80. The maximum atomic E-state index is 12.4. The quantitative estimate of drug-likeness (QED) is 0.803. The Morgan fingerprint density at radius 2 is 1.89 bits per heavy atom. The topological polar surface area (TPSA) is 58.6 Å². The Bertz CT molecular complexity index is 312. The van der Waals surface area contributed by atoms with E-state index >= 15 is 0 Å². The fourth-order valence-electron chi connectivity index (χ4n) is 3.44. The van der Waals surface area contributed by atoms with E-state index in [0.717, 1.165) is 25.7 Å². The molecule has 1 saturated carbocycles. The van der Waals surface area contributed by atoms with Crippen LogP contribution in [0.25, 0.3) is 0 Å². The third kappa shape index (κ3) is 2.41. The molecule has 4 atom stereocenters. The molecule has 104 valence electrons. The predicted octanol–water partition coefficient (Wildman–Crippen LogP) is 1.47. The molecule has 4 heteroatoms. The number of hydrogen-bond acceptors (Lipinski definition) is 3. The lowest BCUT2D eigenvalue weighted by Gasteiger charge is -2.31. The Kier molecular flexibility index (Phi) is 3.97. The molecule has 1 heterocycles. The van der Waals surface area contributed by atoms with Crippen molar-refractivity contribution in [3.05, 3.63) is 0 Å². The molecule has 2 aliphatic rings. The lowest BCUT2D eigenvalue weighted by atomic mass is 9.87. The first-order chi connectivity index (χ1) is 8.49. The van der Waals surface area contributed by atoms with Gasteiger partial charge in [0.15, 0.2) is 0 Å². The summed E-state index contributed by atoms with van der Waals surface area (Å²) in [6.07, 6.45) is 4.05. The van der Waals surface area contributed by atoms with Crippen LogP contribution in [0.15, 0.2) is 0 Å². The van der Waals surface area contributed by atoms with Gasteiger partial charge in [0.2, 0.25) is 5.91 Å². The molecule has 2 fully saturated rings. The zero-order valence-corrected chi connectivity index (χ0v) is 11.6. The van der Waals surface area contributed by atoms with Gasteiger partial charge in [0.05, 0.1) is 30.3 Å². The number of aliphatic hydroxyl groups excluding tert-OH is 1. The van der Waals surface area contributed by atoms with Crippen molar-refractivity contribution < 1.29 is 14.6 Å². The van der Waals surface area contributed by atoms with Crippen LogP contribution in [0, 0.1) is 11.8 Å². The Hall–Kier alpha value is -0.610. The van der Waals surface area contributed by atoms with E-state index in [1.807, 2.05) is 13.8 Å². The molecular formula is C14H25NO3. The molecule has 0 aromatic carbocycles. The van der Waals surface area contributed by atoms with E-state index in [9.17, 15) is 9.90 Å². The second kappa shape index (κ2) is 5.17. The van der Waals surface area contributed by atoms with Crippen LogP contribution in [0.1, 0.15) is 46.5 Å². The number of rotatable bonds is 3. The first-order valence-electron chi connectivity index (χ1n) is 7.07. The van der Waals surface area contributed by atoms with Gasteiger partial charge in [-0.25, -0.2) is 0 Å². The Balaban J connectivity index is 2.03. The molecule has 0 bridgehead atoms. The molecule has 0 aromatic heterocycles. The molecule has 1 amide bonds. The van der Waals surface area contributed by atoms with E-state index in [1.165, 1.54) is 0 Å². The number of hydrogen-bond donors (Lipinski definition) is 2. The van der Waals surface area contributed by atoms with Gasteiger partial charge in [-0.1, -0.05) is 19.8 Å². The summed E-state index contributed by atoms with van der Waals surface area (Å²) in [6.45, 7) is 6.10. The van der Waals surface area contributed by atoms with Gasteiger partial charge in [-0.2, -0.15) is 0 Å². The van der Waals surface area contributed by atoms with Crippen LogP contribution in [-0.2, 0) is 9.53 Å². The van der Waals surface area contributed by atoms with Gasteiger partial charge >= 0.3 is 0 Å². The summed E-state index contributed by atoms with van der Waals surface area (Å²) >= 11 is 0. The highest BCUT2D eigenvalue weighted by Crippen LogP contribution is 2.34. The second-order valence-electron chi connectivity index (χ2n) is 6.07. The summed E-state index contributed by atoms with van der Waals surface area (Å²) < 4.78 is 5.71. The minimum Gasteiger partial charge on any atom is -0.394 e. The summed E-state index contributed by atoms with van der Waals surface area (Å²) in [6, 6.07) is 0. The van der Waals surface area contributed by atoms with Crippen LogP contribution in [0.2, 0.25) is 0 Å². The molecule has 4 nitrogen and oxygen atoms in total. The number of nitrogens with one attached hydrogen (secondary N) is 1. The van der Waals surface area contributed by atoms with E-state index < -0.39 is 0 Å². The predicted molar refractivity (Wildman–Crippen MR) is 69.1 cm³/mol. The van der Waals surface area contributed by atoms with Crippen LogP contribution in [0.4, 0.5) is 0 Å². The minimum absolute atomic E-state index is 0.0351. The van der Waals surface area contributed by atoms with Crippen molar-refractivity contribution in [2.24, 2.45) is 11.8 Å².